The predicted octanol–water partition coefficient (Wildman–Crippen LogP) is 3.20. The minimum Gasteiger partial charge on any atom is -0.384 e. The van der Waals surface area contributed by atoms with Crippen LogP contribution in [-0.4, -0.2) is 36.1 Å². The highest BCUT2D eigenvalue weighted by Crippen LogP contribution is 2.30. The standard InChI is InChI=1S/C17H19ClN4O2/c18-16-10-21-17(22-11-23)6-15(16)13-5-14(9-19-8-13)20-7-12-1-3-24-4-2-12/h5-6,8-12,20H,1-4,7H2,(H,21,22,23). The van der Waals surface area contributed by atoms with Gasteiger partial charge in [-0.1, -0.05) is 11.6 Å². The molecule has 1 amide bonds. The van der Waals surface area contributed by atoms with Crippen molar-refractivity contribution in [1.82, 2.24) is 9.97 Å². The van der Waals surface area contributed by atoms with Gasteiger partial charge < -0.3 is 15.4 Å². The molecule has 24 heavy (non-hydrogen) atoms. The molecule has 0 saturated carbocycles. The van der Waals surface area contributed by atoms with Crippen molar-refractivity contribution in [2.75, 3.05) is 30.4 Å². The quantitative estimate of drug-likeness (QED) is 0.785. The van der Waals surface area contributed by atoms with Crippen molar-refractivity contribution in [2.45, 2.75) is 12.8 Å². The molecule has 1 aliphatic rings. The molecule has 1 aliphatic heterocycles. The summed E-state index contributed by atoms with van der Waals surface area (Å²) in [6, 6.07) is 3.73. The lowest BCUT2D eigenvalue weighted by atomic mass is 10.0. The fourth-order valence-electron chi connectivity index (χ4n) is 2.70. The van der Waals surface area contributed by atoms with Crippen LogP contribution < -0.4 is 10.6 Å². The SMILES string of the molecule is O=CNc1cc(-c2cncc(NCC3CCOCC3)c2)c(Cl)cn1. The Morgan fingerprint density at radius 2 is 2.08 bits per heavy atom. The minimum atomic E-state index is 0.449. The largest absolute Gasteiger partial charge is 0.384 e. The van der Waals surface area contributed by atoms with Gasteiger partial charge in [-0.05, 0) is 30.9 Å². The summed E-state index contributed by atoms with van der Waals surface area (Å²) < 4.78 is 5.38. The summed E-state index contributed by atoms with van der Waals surface area (Å²) in [5.74, 6) is 1.07. The molecule has 6 nitrogen and oxygen atoms in total. The highest BCUT2D eigenvalue weighted by atomic mass is 35.5. The van der Waals surface area contributed by atoms with Crippen molar-refractivity contribution in [3.05, 3.63) is 35.7 Å². The summed E-state index contributed by atoms with van der Waals surface area (Å²) in [6.45, 7) is 2.57. The van der Waals surface area contributed by atoms with E-state index in [1.54, 1.807) is 18.5 Å². The number of anilines is 2. The first-order chi connectivity index (χ1) is 11.8. The molecule has 1 saturated heterocycles. The van der Waals surface area contributed by atoms with Crippen LogP contribution in [0.5, 0.6) is 0 Å². The van der Waals surface area contributed by atoms with Gasteiger partial charge >= 0.3 is 0 Å². The number of hydrogen-bond donors (Lipinski definition) is 2. The first kappa shape index (κ1) is 16.7. The zero-order chi connectivity index (χ0) is 16.8. The van der Waals surface area contributed by atoms with E-state index in [0.29, 0.717) is 23.2 Å². The number of hydrogen-bond acceptors (Lipinski definition) is 5. The van der Waals surface area contributed by atoms with E-state index in [-0.39, 0.29) is 0 Å². The van der Waals surface area contributed by atoms with E-state index < -0.39 is 0 Å². The molecule has 2 N–H and O–H groups in total. The van der Waals surface area contributed by atoms with E-state index in [4.69, 9.17) is 16.3 Å². The predicted molar refractivity (Wildman–Crippen MR) is 94.2 cm³/mol. The summed E-state index contributed by atoms with van der Waals surface area (Å²) in [7, 11) is 0. The summed E-state index contributed by atoms with van der Waals surface area (Å²) in [6.07, 6.45) is 7.80. The molecule has 3 rings (SSSR count). The Bertz CT molecular complexity index is 705. The van der Waals surface area contributed by atoms with E-state index >= 15 is 0 Å². The lowest BCUT2D eigenvalue weighted by Gasteiger charge is -2.22. The van der Waals surface area contributed by atoms with Crippen LogP contribution in [-0.2, 0) is 9.53 Å². The monoisotopic (exact) mass is 346 g/mol. The molecular formula is C17H19ClN4O2. The number of carbonyl (C=O) groups is 1. The van der Waals surface area contributed by atoms with Gasteiger partial charge in [0.1, 0.15) is 5.82 Å². The van der Waals surface area contributed by atoms with E-state index in [2.05, 4.69) is 20.6 Å². The number of amides is 1. The van der Waals surface area contributed by atoms with E-state index in [0.717, 1.165) is 49.4 Å². The number of nitrogens with one attached hydrogen (secondary N) is 2. The molecule has 0 radical (unpaired) electrons. The Balaban J connectivity index is 1.74. The normalized spacial score (nSPS) is 15.0. The number of nitrogens with zero attached hydrogens (tertiary/aromatic N) is 2. The molecular weight excluding hydrogens is 328 g/mol. The molecule has 1 fully saturated rings. The van der Waals surface area contributed by atoms with Gasteiger partial charge in [0.05, 0.1) is 10.7 Å². The van der Waals surface area contributed by atoms with Gasteiger partial charge in [-0.15, -0.1) is 0 Å². The molecule has 2 aromatic heterocycles. The number of aromatic nitrogens is 2. The molecule has 0 bridgehead atoms. The van der Waals surface area contributed by atoms with Crippen LogP contribution in [0.4, 0.5) is 11.5 Å². The smallest absolute Gasteiger partial charge is 0.212 e. The summed E-state index contributed by atoms with van der Waals surface area (Å²) in [4.78, 5) is 18.9. The van der Waals surface area contributed by atoms with Crippen LogP contribution in [0.15, 0.2) is 30.7 Å². The lowest BCUT2D eigenvalue weighted by Crippen LogP contribution is -2.22. The maximum Gasteiger partial charge on any atom is 0.212 e. The third-order valence-electron chi connectivity index (χ3n) is 4.05. The Morgan fingerprint density at radius 1 is 1.25 bits per heavy atom. The van der Waals surface area contributed by atoms with Crippen molar-refractivity contribution in [3.8, 4) is 11.1 Å². The van der Waals surface area contributed by atoms with Crippen LogP contribution in [0.1, 0.15) is 12.8 Å². The van der Waals surface area contributed by atoms with Crippen LogP contribution in [0, 0.1) is 5.92 Å². The highest BCUT2D eigenvalue weighted by Gasteiger charge is 2.13. The summed E-state index contributed by atoms with van der Waals surface area (Å²) in [5.41, 5.74) is 2.59. The molecule has 2 aromatic rings. The Hall–Kier alpha value is -2.18. The highest BCUT2D eigenvalue weighted by molar-refractivity contribution is 6.33. The number of carbonyl (C=O) groups excluding carboxylic acids is 1. The van der Waals surface area contributed by atoms with Crippen LogP contribution in [0.3, 0.4) is 0 Å². The second-order valence-corrected chi connectivity index (χ2v) is 6.12. The maximum atomic E-state index is 10.6. The third kappa shape index (κ3) is 4.21. The zero-order valence-electron chi connectivity index (χ0n) is 13.2. The lowest BCUT2D eigenvalue weighted by molar-refractivity contribution is -0.105. The number of ether oxygens (including phenoxy) is 1. The molecule has 3 heterocycles. The summed E-state index contributed by atoms with van der Waals surface area (Å²) in [5, 5.41) is 6.47. The van der Waals surface area contributed by atoms with Crippen LogP contribution >= 0.6 is 11.6 Å². The van der Waals surface area contributed by atoms with Gasteiger partial charge in [-0.25, -0.2) is 4.98 Å². The average molecular weight is 347 g/mol. The van der Waals surface area contributed by atoms with Gasteiger partial charge in [-0.2, -0.15) is 0 Å². The molecule has 126 valence electrons. The Kier molecular flexibility index (Phi) is 5.61. The second kappa shape index (κ2) is 8.08. The van der Waals surface area contributed by atoms with Gasteiger partial charge in [0, 0.05) is 49.5 Å². The number of pyridine rings is 2. The second-order valence-electron chi connectivity index (χ2n) is 5.71. The average Bonchev–Trinajstić information content (AvgIpc) is 2.63. The molecule has 0 aromatic carbocycles. The summed E-state index contributed by atoms with van der Waals surface area (Å²) >= 11 is 6.24. The van der Waals surface area contributed by atoms with Crippen molar-refractivity contribution in [3.63, 3.8) is 0 Å². The van der Waals surface area contributed by atoms with Gasteiger partial charge in [-0.3, -0.25) is 9.78 Å². The fraction of sp³-hybridized carbons (Fsp3) is 0.353. The first-order valence-electron chi connectivity index (χ1n) is 7.89. The van der Waals surface area contributed by atoms with Crippen molar-refractivity contribution in [1.29, 1.82) is 0 Å². The van der Waals surface area contributed by atoms with E-state index in [9.17, 15) is 4.79 Å². The molecule has 0 atom stereocenters. The number of halogens is 1. The Labute approximate surface area is 145 Å². The van der Waals surface area contributed by atoms with Crippen molar-refractivity contribution in [2.24, 2.45) is 5.92 Å². The van der Waals surface area contributed by atoms with Crippen LogP contribution in [0.25, 0.3) is 11.1 Å². The molecule has 0 unspecified atom stereocenters. The van der Waals surface area contributed by atoms with Gasteiger partial charge in [0.15, 0.2) is 0 Å². The minimum absolute atomic E-state index is 0.449. The van der Waals surface area contributed by atoms with Gasteiger partial charge in [0.25, 0.3) is 0 Å². The topological polar surface area (TPSA) is 76.1 Å². The molecule has 0 aliphatic carbocycles. The number of rotatable bonds is 6. The third-order valence-corrected chi connectivity index (χ3v) is 4.35. The van der Waals surface area contributed by atoms with Gasteiger partial charge in [0.2, 0.25) is 6.41 Å². The van der Waals surface area contributed by atoms with Crippen molar-refractivity contribution < 1.29 is 9.53 Å². The van der Waals surface area contributed by atoms with E-state index in [1.807, 2.05) is 6.07 Å². The molecule has 7 heteroatoms. The first-order valence-corrected chi connectivity index (χ1v) is 8.27. The van der Waals surface area contributed by atoms with Crippen molar-refractivity contribution >= 4 is 29.5 Å². The molecule has 0 spiro atoms. The Morgan fingerprint density at radius 3 is 2.88 bits per heavy atom. The fourth-order valence-corrected chi connectivity index (χ4v) is 2.91. The zero-order valence-corrected chi connectivity index (χ0v) is 13.9. The van der Waals surface area contributed by atoms with Crippen LogP contribution in [0.2, 0.25) is 5.02 Å². The maximum absolute atomic E-state index is 10.6. The van der Waals surface area contributed by atoms with E-state index in [1.165, 1.54) is 6.20 Å².